The van der Waals surface area contributed by atoms with E-state index in [1.165, 1.54) is 5.56 Å². The fourth-order valence-electron chi connectivity index (χ4n) is 1.85. The van der Waals surface area contributed by atoms with E-state index in [1.54, 1.807) is 0 Å². The number of aliphatic hydroxyl groups is 1. The Balaban J connectivity index is 2.34. The number of fused-ring (bicyclic) bond motifs is 1. The van der Waals surface area contributed by atoms with E-state index in [1.807, 2.05) is 6.07 Å². The normalized spacial score (nSPS) is 12.2. The molecule has 0 fully saturated rings. The Morgan fingerprint density at radius 1 is 1.29 bits per heavy atom. The fourth-order valence-corrected chi connectivity index (χ4v) is 1.85. The molecule has 0 spiro atoms. The van der Waals surface area contributed by atoms with Gasteiger partial charge in [0, 0.05) is 12.0 Å². The molecule has 0 saturated heterocycles. The van der Waals surface area contributed by atoms with Crippen LogP contribution in [0.3, 0.4) is 0 Å². The highest BCUT2D eigenvalue weighted by Crippen LogP contribution is 2.23. The van der Waals surface area contributed by atoms with Gasteiger partial charge < -0.3 is 10.1 Å². The molecule has 2 N–H and O–H groups in total. The van der Waals surface area contributed by atoms with Gasteiger partial charge >= 0.3 is 0 Å². The topological polar surface area (TPSA) is 48.9 Å². The second-order valence-corrected chi connectivity index (χ2v) is 5.51. The number of H-pyrrole nitrogens is 1. The number of imidazole rings is 1. The summed E-state index contributed by atoms with van der Waals surface area (Å²) in [6.45, 7) is 6.69. The van der Waals surface area contributed by atoms with Crippen LogP contribution in [0.4, 0.5) is 0 Å². The first-order chi connectivity index (χ1) is 8.00. The third-order valence-electron chi connectivity index (χ3n) is 2.88. The smallest absolute Gasteiger partial charge is 0.112 e. The molecule has 1 heterocycles. The number of rotatable bonds is 3. The Morgan fingerprint density at radius 2 is 2.06 bits per heavy atom. The number of aryl methyl sites for hydroxylation is 1. The molecular formula is C14H20N2O. The summed E-state index contributed by atoms with van der Waals surface area (Å²) < 4.78 is 0. The molecule has 1 aromatic heterocycles. The van der Waals surface area contributed by atoms with Crippen LogP contribution < -0.4 is 0 Å². The van der Waals surface area contributed by atoms with Gasteiger partial charge in [-0.2, -0.15) is 0 Å². The zero-order chi connectivity index (χ0) is 12.5. The van der Waals surface area contributed by atoms with Crippen LogP contribution in [0.1, 0.15) is 38.6 Å². The number of aliphatic hydroxyl groups excluding tert-OH is 1. The first kappa shape index (κ1) is 12.1. The molecule has 0 saturated carbocycles. The third kappa shape index (κ3) is 2.67. The average molecular weight is 232 g/mol. The lowest BCUT2D eigenvalue weighted by Crippen LogP contribution is -2.12. The highest BCUT2D eigenvalue weighted by Gasteiger charge is 2.18. The number of benzene rings is 1. The summed E-state index contributed by atoms with van der Waals surface area (Å²) in [6, 6.07) is 6.27. The van der Waals surface area contributed by atoms with Crippen molar-refractivity contribution in [3.05, 3.63) is 29.6 Å². The molecule has 0 unspecified atom stereocenters. The van der Waals surface area contributed by atoms with E-state index in [0.29, 0.717) is 0 Å². The summed E-state index contributed by atoms with van der Waals surface area (Å²) >= 11 is 0. The highest BCUT2D eigenvalue weighted by atomic mass is 16.2. The van der Waals surface area contributed by atoms with Crippen LogP contribution in [0.25, 0.3) is 11.0 Å². The van der Waals surface area contributed by atoms with Crippen molar-refractivity contribution < 1.29 is 5.11 Å². The van der Waals surface area contributed by atoms with Crippen LogP contribution >= 0.6 is 0 Å². The summed E-state index contributed by atoms with van der Waals surface area (Å²) in [5.41, 5.74) is 3.40. The predicted molar refractivity (Wildman–Crippen MR) is 70.2 cm³/mol. The van der Waals surface area contributed by atoms with Crippen molar-refractivity contribution in [3.8, 4) is 0 Å². The predicted octanol–water partition coefficient (Wildman–Crippen LogP) is 2.79. The number of hydrogen-bond acceptors (Lipinski definition) is 2. The lowest BCUT2D eigenvalue weighted by atomic mass is 9.96. The zero-order valence-electron chi connectivity index (χ0n) is 10.7. The standard InChI is InChI=1S/C14H20N2O/c1-14(2,3)13-15-11-7-6-10(5-4-8-17)9-12(11)16-13/h6-7,9,17H,4-5,8H2,1-3H3,(H,15,16). The van der Waals surface area contributed by atoms with Crippen molar-refractivity contribution in [1.29, 1.82) is 0 Å². The van der Waals surface area contributed by atoms with Gasteiger partial charge in [0.15, 0.2) is 0 Å². The van der Waals surface area contributed by atoms with Gasteiger partial charge in [-0.05, 0) is 30.5 Å². The molecule has 0 amide bonds. The number of aromatic amines is 1. The van der Waals surface area contributed by atoms with Crippen LogP contribution in [-0.2, 0) is 11.8 Å². The van der Waals surface area contributed by atoms with E-state index in [2.05, 4.69) is 42.9 Å². The van der Waals surface area contributed by atoms with E-state index >= 15 is 0 Å². The molecule has 0 aliphatic rings. The zero-order valence-corrected chi connectivity index (χ0v) is 10.7. The van der Waals surface area contributed by atoms with Gasteiger partial charge in [0.2, 0.25) is 0 Å². The maximum Gasteiger partial charge on any atom is 0.112 e. The van der Waals surface area contributed by atoms with Crippen LogP contribution in [0.2, 0.25) is 0 Å². The Bertz CT molecular complexity index is 508. The molecule has 2 aromatic rings. The summed E-state index contributed by atoms with van der Waals surface area (Å²) in [7, 11) is 0. The minimum atomic E-state index is 0.0459. The lowest BCUT2D eigenvalue weighted by Gasteiger charge is -2.13. The van der Waals surface area contributed by atoms with Crippen LogP contribution in [-0.4, -0.2) is 21.7 Å². The molecule has 1 aromatic carbocycles. The average Bonchev–Trinajstić information content (AvgIpc) is 2.68. The van der Waals surface area contributed by atoms with Gasteiger partial charge in [0.05, 0.1) is 11.0 Å². The first-order valence-corrected chi connectivity index (χ1v) is 6.11. The molecule has 0 aliphatic carbocycles. The monoisotopic (exact) mass is 232 g/mol. The van der Waals surface area contributed by atoms with Gasteiger partial charge in [0.25, 0.3) is 0 Å². The Labute approximate surface area is 102 Å². The van der Waals surface area contributed by atoms with E-state index in [9.17, 15) is 0 Å². The quantitative estimate of drug-likeness (QED) is 0.855. The van der Waals surface area contributed by atoms with E-state index < -0.39 is 0 Å². The summed E-state index contributed by atoms with van der Waals surface area (Å²) in [4.78, 5) is 7.98. The number of aromatic nitrogens is 2. The lowest BCUT2D eigenvalue weighted by molar-refractivity contribution is 0.288. The van der Waals surface area contributed by atoms with Crippen LogP contribution in [0.5, 0.6) is 0 Å². The van der Waals surface area contributed by atoms with Crippen LogP contribution in [0, 0.1) is 0 Å². The fraction of sp³-hybridized carbons (Fsp3) is 0.500. The van der Waals surface area contributed by atoms with Gasteiger partial charge in [0.1, 0.15) is 5.82 Å². The van der Waals surface area contributed by atoms with Crippen molar-refractivity contribution in [2.75, 3.05) is 6.61 Å². The third-order valence-corrected chi connectivity index (χ3v) is 2.88. The molecule has 92 valence electrons. The molecule has 0 atom stereocenters. The van der Waals surface area contributed by atoms with Gasteiger partial charge in [-0.1, -0.05) is 26.8 Å². The second kappa shape index (κ2) is 4.49. The molecule has 3 heteroatoms. The number of nitrogens with zero attached hydrogens (tertiary/aromatic N) is 1. The summed E-state index contributed by atoms with van der Waals surface area (Å²) in [5.74, 6) is 1.02. The first-order valence-electron chi connectivity index (χ1n) is 6.11. The molecule has 0 aliphatic heterocycles. The number of hydrogen-bond donors (Lipinski definition) is 2. The minimum absolute atomic E-state index is 0.0459. The van der Waals surface area contributed by atoms with Gasteiger partial charge in [-0.3, -0.25) is 0 Å². The van der Waals surface area contributed by atoms with Crippen molar-refractivity contribution in [1.82, 2.24) is 9.97 Å². The summed E-state index contributed by atoms with van der Waals surface area (Å²) in [5, 5.41) is 8.83. The maximum atomic E-state index is 8.83. The van der Waals surface area contributed by atoms with E-state index in [-0.39, 0.29) is 12.0 Å². The molecule has 0 radical (unpaired) electrons. The van der Waals surface area contributed by atoms with Crippen molar-refractivity contribution >= 4 is 11.0 Å². The highest BCUT2D eigenvalue weighted by molar-refractivity contribution is 5.76. The number of nitrogens with one attached hydrogen (secondary N) is 1. The van der Waals surface area contributed by atoms with Gasteiger partial charge in [-0.15, -0.1) is 0 Å². The second-order valence-electron chi connectivity index (χ2n) is 5.51. The van der Waals surface area contributed by atoms with Gasteiger partial charge in [-0.25, -0.2) is 4.98 Å². The van der Waals surface area contributed by atoms with E-state index in [0.717, 1.165) is 29.7 Å². The molecule has 2 rings (SSSR count). The largest absolute Gasteiger partial charge is 0.396 e. The molecule has 0 bridgehead atoms. The van der Waals surface area contributed by atoms with Crippen molar-refractivity contribution in [2.45, 2.75) is 39.0 Å². The SMILES string of the molecule is CC(C)(C)c1nc2ccc(CCCO)cc2[nH]1. The Kier molecular flexibility index (Phi) is 3.20. The van der Waals surface area contributed by atoms with Crippen molar-refractivity contribution in [3.63, 3.8) is 0 Å². The Hall–Kier alpha value is -1.35. The van der Waals surface area contributed by atoms with Crippen LogP contribution in [0.15, 0.2) is 18.2 Å². The minimum Gasteiger partial charge on any atom is -0.396 e. The molecule has 17 heavy (non-hydrogen) atoms. The Morgan fingerprint density at radius 3 is 2.71 bits per heavy atom. The molecular weight excluding hydrogens is 212 g/mol. The maximum absolute atomic E-state index is 8.83. The van der Waals surface area contributed by atoms with Crippen molar-refractivity contribution in [2.24, 2.45) is 0 Å². The summed E-state index contributed by atoms with van der Waals surface area (Å²) in [6.07, 6.45) is 1.72. The van der Waals surface area contributed by atoms with E-state index in [4.69, 9.17) is 5.11 Å². The molecule has 3 nitrogen and oxygen atoms in total.